The largest absolute Gasteiger partial charge is 0.497 e. The maximum Gasteiger partial charge on any atom is 0.139 e. The molecule has 0 saturated carbocycles. The second-order valence-electron chi connectivity index (χ2n) is 2.59. The maximum atomic E-state index is 13.1. The molecule has 0 amide bonds. The average molecular weight is 213 g/mol. The van der Waals surface area contributed by atoms with E-state index >= 15 is 0 Å². The third kappa shape index (κ3) is 2.93. The molecule has 0 spiro atoms. The first-order chi connectivity index (χ1) is 6.77. The van der Waals surface area contributed by atoms with Crippen molar-refractivity contribution in [3.63, 3.8) is 0 Å². The summed E-state index contributed by atoms with van der Waals surface area (Å²) in [6, 6.07) is 4.46. The molecule has 0 fully saturated rings. The van der Waals surface area contributed by atoms with E-state index in [2.05, 4.69) is 11.8 Å². The number of rotatable bonds is 2. The Labute approximate surface area is 87.8 Å². The molecule has 0 aliphatic rings. The molecule has 0 bridgehead atoms. The summed E-state index contributed by atoms with van der Waals surface area (Å²) < 4.78 is 18.1. The Balaban J connectivity index is 2.91. The second kappa shape index (κ2) is 5.51. The first kappa shape index (κ1) is 10.9. The lowest BCUT2D eigenvalue weighted by molar-refractivity contribution is 0.413. The summed E-state index contributed by atoms with van der Waals surface area (Å²) in [4.78, 5) is 0. The van der Waals surface area contributed by atoms with Crippen LogP contribution in [0.2, 0.25) is 0 Å². The normalized spacial score (nSPS) is 9.07. The highest BCUT2D eigenvalue weighted by Crippen LogP contribution is 2.15. The minimum Gasteiger partial charge on any atom is -0.497 e. The molecule has 0 atom stereocenters. The van der Waals surface area contributed by atoms with Crippen LogP contribution in [0.4, 0.5) is 4.39 Å². The van der Waals surface area contributed by atoms with Gasteiger partial charge in [0.2, 0.25) is 0 Å². The van der Waals surface area contributed by atoms with Crippen molar-refractivity contribution in [2.24, 2.45) is 0 Å². The van der Waals surface area contributed by atoms with Gasteiger partial charge in [0.15, 0.2) is 0 Å². The minimum atomic E-state index is -0.340. The number of halogens is 2. The third-order valence-corrected chi connectivity index (χ3v) is 1.81. The molecule has 14 heavy (non-hydrogen) atoms. The molecule has 1 aromatic carbocycles. The molecule has 0 N–H and O–H groups in total. The van der Waals surface area contributed by atoms with Gasteiger partial charge in [0.05, 0.1) is 12.7 Å². The Morgan fingerprint density at radius 1 is 1.50 bits per heavy atom. The zero-order valence-corrected chi connectivity index (χ0v) is 8.57. The van der Waals surface area contributed by atoms with Gasteiger partial charge in [-0.3, -0.25) is 0 Å². The van der Waals surface area contributed by atoms with Gasteiger partial charge in [-0.15, -0.1) is 11.6 Å². The molecular formula is C11H10ClFO. The van der Waals surface area contributed by atoms with Crippen molar-refractivity contribution in [3.05, 3.63) is 29.6 Å². The van der Waals surface area contributed by atoms with Crippen LogP contribution in [0.5, 0.6) is 5.75 Å². The van der Waals surface area contributed by atoms with Gasteiger partial charge in [-0.25, -0.2) is 4.39 Å². The third-order valence-electron chi connectivity index (χ3n) is 1.62. The maximum absolute atomic E-state index is 13.1. The SMILES string of the molecule is COc1ccc(F)c(C#CCCCl)c1. The highest BCUT2D eigenvalue weighted by Gasteiger charge is 2.00. The minimum absolute atomic E-state index is 0.340. The summed E-state index contributed by atoms with van der Waals surface area (Å²) in [5.74, 6) is 6.18. The first-order valence-electron chi connectivity index (χ1n) is 4.16. The summed E-state index contributed by atoms with van der Waals surface area (Å²) >= 11 is 5.45. The standard InChI is InChI=1S/C11H10ClFO/c1-14-10-5-6-11(13)9(8-10)4-2-3-7-12/h5-6,8H,3,7H2,1H3. The van der Waals surface area contributed by atoms with Crippen LogP contribution in [0.3, 0.4) is 0 Å². The summed E-state index contributed by atoms with van der Waals surface area (Å²) in [7, 11) is 1.53. The lowest BCUT2D eigenvalue weighted by Crippen LogP contribution is -1.87. The molecule has 0 saturated heterocycles. The van der Waals surface area contributed by atoms with E-state index < -0.39 is 0 Å². The number of hydrogen-bond donors (Lipinski definition) is 0. The molecule has 0 heterocycles. The van der Waals surface area contributed by atoms with Gasteiger partial charge in [0, 0.05) is 12.3 Å². The molecule has 0 aliphatic carbocycles. The first-order valence-corrected chi connectivity index (χ1v) is 4.69. The van der Waals surface area contributed by atoms with E-state index in [1.165, 1.54) is 13.2 Å². The van der Waals surface area contributed by atoms with Crippen molar-refractivity contribution in [2.45, 2.75) is 6.42 Å². The molecular weight excluding hydrogens is 203 g/mol. The van der Waals surface area contributed by atoms with Crippen molar-refractivity contribution < 1.29 is 9.13 Å². The topological polar surface area (TPSA) is 9.23 Å². The predicted octanol–water partition coefficient (Wildman–Crippen LogP) is 2.81. The van der Waals surface area contributed by atoms with Crippen molar-refractivity contribution >= 4 is 11.6 Å². The molecule has 0 aliphatic heterocycles. The lowest BCUT2D eigenvalue weighted by atomic mass is 10.2. The van der Waals surface area contributed by atoms with Crippen LogP contribution in [0, 0.1) is 17.7 Å². The van der Waals surface area contributed by atoms with E-state index in [9.17, 15) is 4.39 Å². The molecule has 0 unspecified atom stereocenters. The van der Waals surface area contributed by atoms with E-state index in [1.807, 2.05) is 0 Å². The zero-order chi connectivity index (χ0) is 10.4. The van der Waals surface area contributed by atoms with Crippen molar-refractivity contribution in [3.8, 4) is 17.6 Å². The predicted molar refractivity (Wildman–Crippen MR) is 55.2 cm³/mol. The Bertz CT molecular complexity index is 365. The summed E-state index contributed by atoms with van der Waals surface area (Å²) in [6.07, 6.45) is 0.554. The quantitative estimate of drug-likeness (QED) is 0.541. The Hall–Kier alpha value is -1.20. The lowest BCUT2D eigenvalue weighted by Gasteiger charge is -2.00. The average Bonchev–Trinajstić information content (AvgIpc) is 2.21. The van der Waals surface area contributed by atoms with Crippen molar-refractivity contribution in [2.75, 3.05) is 13.0 Å². The molecule has 74 valence electrons. The highest BCUT2D eigenvalue weighted by molar-refractivity contribution is 6.18. The fraction of sp³-hybridized carbons (Fsp3) is 0.273. The summed E-state index contributed by atoms with van der Waals surface area (Å²) in [6.45, 7) is 0. The summed E-state index contributed by atoms with van der Waals surface area (Å²) in [5.41, 5.74) is 0.342. The molecule has 1 nitrogen and oxygen atoms in total. The van der Waals surface area contributed by atoms with Crippen LogP contribution < -0.4 is 4.74 Å². The Morgan fingerprint density at radius 2 is 2.29 bits per heavy atom. The van der Waals surface area contributed by atoms with E-state index in [1.54, 1.807) is 12.1 Å². The molecule has 0 radical (unpaired) electrons. The van der Waals surface area contributed by atoms with E-state index in [0.717, 1.165) is 0 Å². The fourth-order valence-electron chi connectivity index (χ4n) is 0.932. The number of benzene rings is 1. The van der Waals surface area contributed by atoms with Crippen LogP contribution >= 0.6 is 11.6 Å². The van der Waals surface area contributed by atoms with Crippen molar-refractivity contribution in [1.29, 1.82) is 0 Å². The molecule has 1 rings (SSSR count). The number of ether oxygens (including phenoxy) is 1. The van der Waals surface area contributed by atoms with Gasteiger partial charge < -0.3 is 4.74 Å². The Kier molecular flexibility index (Phi) is 4.28. The van der Waals surface area contributed by atoms with Crippen molar-refractivity contribution in [1.82, 2.24) is 0 Å². The monoisotopic (exact) mass is 212 g/mol. The van der Waals surface area contributed by atoms with Gasteiger partial charge in [-0.1, -0.05) is 11.8 Å². The van der Waals surface area contributed by atoms with Gasteiger partial charge >= 0.3 is 0 Å². The number of methoxy groups -OCH3 is 1. The molecule has 1 aromatic rings. The van der Waals surface area contributed by atoms with Crippen LogP contribution in [0.1, 0.15) is 12.0 Å². The summed E-state index contributed by atoms with van der Waals surface area (Å²) in [5, 5.41) is 0. The number of hydrogen-bond acceptors (Lipinski definition) is 1. The molecule has 0 aromatic heterocycles. The van der Waals surface area contributed by atoms with Crippen LogP contribution in [-0.2, 0) is 0 Å². The fourth-order valence-corrected chi connectivity index (χ4v) is 1.03. The van der Waals surface area contributed by atoms with Crippen LogP contribution in [-0.4, -0.2) is 13.0 Å². The second-order valence-corrected chi connectivity index (χ2v) is 2.96. The van der Waals surface area contributed by atoms with E-state index in [0.29, 0.717) is 23.6 Å². The number of alkyl halides is 1. The van der Waals surface area contributed by atoms with Crippen LogP contribution in [0.15, 0.2) is 18.2 Å². The van der Waals surface area contributed by atoms with E-state index in [-0.39, 0.29) is 5.82 Å². The Morgan fingerprint density at radius 3 is 2.93 bits per heavy atom. The van der Waals surface area contributed by atoms with E-state index in [4.69, 9.17) is 16.3 Å². The van der Waals surface area contributed by atoms with Gasteiger partial charge in [-0.2, -0.15) is 0 Å². The highest BCUT2D eigenvalue weighted by atomic mass is 35.5. The van der Waals surface area contributed by atoms with Gasteiger partial charge in [0.25, 0.3) is 0 Å². The molecule has 3 heteroatoms. The van der Waals surface area contributed by atoms with Gasteiger partial charge in [-0.05, 0) is 18.2 Å². The zero-order valence-electron chi connectivity index (χ0n) is 7.81. The smallest absolute Gasteiger partial charge is 0.139 e. The van der Waals surface area contributed by atoms with Crippen LogP contribution in [0.25, 0.3) is 0 Å². The van der Waals surface area contributed by atoms with Gasteiger partial charge in [0.1, 0.15) is 11.6 Å².